The molecular weight excluding hydrogens is 444 g/mol. The smallest absolute Gasteiger partial charge is 0.254 e. The second-order valence-electron chi connectivity index (χ2n) is 9.14. The summed E-state index contributed by atoms with van der Waals surface area (Å²) in [4.78, 5) is 19.8. The average Bonchev–Trinajstić information content (AvgIpc) is 3.36. The van der Waals surface area contributed by atoms with Crippen LogP contribution in [0.1, 0.15) is 28.8 Å². The minimum absolute atomic E-state index is 0.108. The van der Waals surface area contributed by atoms with E-state index in [-0.39, 0.29) is 5.91 Å². The van der Waals surface area contributed by atoms with Gasteiger partial charge in [0.2, 0.25) is 0 Å². The van der Waals surface area contributed by atoms with E-state index >= 15 is 0 Å². The molecule has 6 nitrogen and oxygen atoms in total. The molecule has 0 unspecified atom stereocenters. The predicted molar refractivity (Wildman–Crippen MR) is 140 cm³/mol. The van der Waals surface area contributed by atoms with E-state index in [0.29, 0.717) is 13.2 Å². The molecule has 0 spiro atoms. The van der Waals surface area contributed by atoms with Crippen molar-refractivity contribution in [3.05, 3.63) is 59.0 Å². The van der Waals surface area contributed by atoms with Crippen molar-refractivity contribution in [2.45, 2.75) is 19.3 Å². The monoisotopic (exact) mass is 478 g/mol. The van der Waals surface area contributed by atoms with Crippen molar-refractivity contribution in [3.63, 3.8) is 0 Å². The standard InChI is InChI=1S/C27H34N4O2S/c28-10-2-12-31-13-8-21-6-7-22(20-24(21)27(31)32)33-18-3-11-29-14-16-30(17-15-29)25-4-1-5-26-23(25)9-19-34-26/h1,4-7,9,19-20H,2-3,8,10-18,28H2. The van der Waals surface area contributed by atoms with Crippen LogP contribution in [0.4, 0.5) is 5.69 Å². The van der Waals surface area contributed by atoms with E-state index < -0.39 is 0 Å². The quantitative estimate of drug-likeness (QED) is 0.474. The lowest BCUT2D eigenvalue weighted by molar-refractivity contribution is 0.0738. The molecule has 1 fully saturated rings. The molecular formula is C27H34N4O2S. The van der Waals surface area contributed by atoms with Gasteiger partial charge >= 0.3 is 0 Å². The lowest BCUT2D eigenvalue weighted by Crippen LogP contribution is -2.46. The summed E-state index contributed by atoms with van der Waals surface area (Å²) in [5.74, 6) is 0.901. The summed E-state index contributed by atoms with van der Waals surface area (Å²) in [5, 5.41) is 3.56. The number of nitrogens with two attached hydrogens (primary N) is 1. The summed E-state index contributed by atoms with van der Waals surface area (Å²) >= 11 is 1.81. The van der Waals surface area contributed by atoms with Crippen molar-refractivity contribution in [2.75, 3.05) is 63.9 Å². The normalized spacial score (nSPS) is 16.8. The molecule has 1 amide bonds. The Morgan fingerprint density at radius 1 is 0.971 bits per heavy atom. The van der Waals surface area contributed by atoms with Gasteiger partial charge in [0.1, 0.15) is 5.75 Å². The SMILES string of the molecule is NCCCN1CCc2ccc(OCCCN3CCN(c4cccc5sccc45)CC3)cc2C1=O. The third-order valence-corrected chi connectivity index (χ3v) is 7.84. The zero-order chi connectivity index (χ0) is 23.3. The highest BCUT2D eigenvalue weighted by Gasteiger charge is 2.24. The number of amides is 1. The molecule has 3 heterocycles. The predicted octanol–water partition coefficient (Wildman–Crippen LogP) is 3.84. The summed E-state index contributed by atoms with van der Waals surface area (Å²) in [6, 6.07) is 14.8. The maximum atomic E-state index is 12.8. The number of piperazine rings is 1. The number of rotatable bonds is 9. The number of ether oxygens (including phenoxy) is 1. The number of anilines is 1. The highest BCUT2D eigenvalue weighted by molar-refractivity contribution is 7.17. The number of carbonyl (C=O) groups excluding carboxylic acids is 1. The van der Waals surface area contributed by atoms with Crippen LogP contribution in [0.5, 0.6) is 5.75 Å². The van der Waals surface area contributed by atoms with E-state index in [1.165, 1.54) is 15.8 Å². The summed E-state index contributed by atoms with van der Waals surface area (Å²) in [5.41, 5.74) is 8.90. The lowest BCUT2D eigenvalue weighted by atomic mass is 9.98. The maximum Gasteiger partial charge on any atom is 0.254 e. The first-order valence-corrected chi connectivity index (χ1v) is 13.3. The maximum absolute atomic E-state index is 12.8. The molecule has 180 valence electrons. The zero-order valence-electron chi connectivity index (χ0n) is 19.7. The average molecular weight is 479 g/mol. The van der Waals surface area contributed by atoms with Crippen molar-refractivity contribution in [3.8, 4) is 5.75 Å². The van der Waals surface area contributed by atoms with E-state index in [2.05, 4.69) is 45.5 Å². The minimum Gasteiger partial charge on any atom is -0.494 e. The lowest BCUT2D eigenvalue weighted by Gasteiger charge is -2.36. The van der Waals surface area contributed by atoms with Crippen LogP contribution in [0, 0.1) is 0 Å². The van der Waals surface area contributed by atoms with E-state index in [0.717, 1.165) is 82.0 Å². The molecule has 34 heavy (non-hydrogen) atoms. The Hall–Kier alpha value is -2.61. The molecule has 2 N–H and O–H groups in total. The van der Waals surface area contributed by atoms with Crippen molar-refractivity contribution in [1.29, 1.82) is 0 Å². The van der Waals surface area contributed by atoms with Crippen molar-refractivity contribution in [2.24, 2.45) is 5.73 Å². The van der Waals surface area contributed by atoms with Gasteiger partial charge in [0.05, 0.1) is 6.61 Å². The van der Waals surface area contributed by atoms with Gasteiger partial charge in [-0.15, -0.1) is 11.3 Å². The first-order chi connectivity index (χ1) is 16.7. The highest BCUT2D eigenvalue weighted by Crippen LogP contribution is 2.31. The fourth-order valence-electron chi connectivity index (χ4n) is 5.03. The van der Waals surface area contributed by atoms with Gasteiger partial charge in [-0.2, -0.15) is 0 Å². The van der Waals surface area contributed by atoms with E-state index in [9.17, 15) is 4.79 Å². The fraction of sp³-hybridized carbons (Fsp3) is 0.444. The Labute approximate surface area is 205 Å². The van der Waals surface area contributed by atoms with Gasteiger partial charge in [-0.3, -0.25) is 9.69 Å². The molecule has 1 aromatic heterocycles. The first-order valence-electron chi connectivity index (χ1n) is 12.4. The van der Waals surface area contributed by atoms with Crippen LogP contribution in [-0.4, -0.2) is 74.7 Å². The van der Waals surface area contributed by atoms with Crippen LogP contribution in [0.2, 0.25) is 0 Å². The Morgan fingerprint density at radius 2 is 1.85 bits per heavy atom. The molecule has 1 saturated heterocycles. The number of nitrogens with zero attached hydrogens (tertiary/aromatic N) is 3. The number of fused-ring (bicyclic) bond motifs is 2. The topological polar surface area (TPSA) is 62.0 Å². The van der Waals surface area contributed by atoms with Gasteiger partial charge in [0, 0.05) is 67.2 Å². The fourth-order valence-corrected chi connectivity index (χ4v) is 5.84. The molecule has 0 aliphatic carbocycles. The first kappa shape index (κ1) is 23.1. The summed E-state index contributed by atoms with van der Waals surface area (Å²) < 4.78 is 7.40. The second kappa shape index (κ2) is 10.8. The van der Waals surface area contributed by atoms with Gasteiger partial charge in [-0.25, -0.2) is 0 Å². The van der Waals surface area contributed by atoms with Gasteiger partial charge in [0.15, 0.2) is 0 Å². The number of hydrogen-bond donors (Lipinski definition) is 1. The van der Waals surface area contributed by atoms with Crippen LogP contribution in [-0.2, 0) is 6.42 Å². The molecule has 7 heteroatoms. The van der Waals surface area contributed by atoms with E-state index in [1.54, 1.807) is 0 Å². The number of carbonyl (C=O) groups is 1. The molecule has 0 saturated carbocycles. The number of hydrogen-bond acceptors (Lipinski definition) is 6. The molecule has 2 aliphatic rings. The van der Waals surface area contributed by atoms with Crippen LogP contribution in [0.3, 0.4) is 0 Å². The third-order valence-electron chi connectivity index (χ3n) is 6.96. The van der Waals surface area contributed by atoms with Crippen LogP contribution >= 0.6 is 11.3 Å². The van der Waals surface area contributed by atoms with E-state index in [1.807, 2.05) is 28.4 Å². The summed E-state index contributed by atoms with van der Waals surface area (Å²) in [6.07, 6.45) is 2.72. The molecule has 0 radical (unpaired) electrons. The largest absolute Gasteiger partial charge is 0.494 e. The third kappa shape index (κ3) is 5.06. The highest BCUT2D eigenvalue weighted by atomic mass is 32.1. The van der Waals surface area contributed by atoms with Crippen molar-refractivity contribution < 1.29 is 9.53 Å². The molecule has 5 rings (SSSR count). The minimum atomic E-state index is 0.108. The Morgan fingerprint density at radius 3 is 2.71 bits per heavy atom. The van der Waals surface area contributed by atoms with Crippen LogP contribution in [0.15, 0.2) is 47.8 Å². The Bertz CT molecular complexity index is 1120. The van der Waals surface area contributed by atoms with Gasteiger partial charge in [-0.1, -0.05) is 12.1 Å². The van der Waals surface area contributed by atoms with Crippen LogP contribution in [0.25, 0.3) is 10.1 Å². The van der Waals surface area contributed by atoms with Gasteiger partial charge in [0.25, 0.3) is 5.91 Å². The van der Waals surface area contributed by atoms with Gasteiger partial charge < -0.3 is 20.3 Å². The van der Waals surface area contributed by atoms with E-state index in [4.69, 9.17) is 10.5 Å². The number of benzene rings is 2. The molecule has 2 aromatic carbocycles. The number of thiophene rings is 1. The molecule has 3 aromatic rings. The zero-order valence-corrected chi connectivity index (χ0v) is 20.6. The molecule has 0 atom stereocenters. The Balaban J connectivity index is 1.08. The Kier molecular flexibility index (Phi) is 7.33. The van der Waals surface area contributed by atoms with Crippen molar-refractivity contribution in [1.82, 2.24) is 9.80 Å². The second-order valence-corrected chi connectivity index (χ2v) is 10.1. The van der Waals surface area contributed by atoms with Gasteiger partial charge in [-0.05, 0) is 67.1 Å². The summed E-state index contributed by atoms with van der Waals surface area (Å²) in [7, 11) is 0. The summed E-state index contributed by atoms with van der Waals surface area (Å²) in [6.45, 7) is 8.09. The molecule has 0 bridgehead atoms. The van der Waals surface area contributed by atoms with Crippen molar-refractivity contribution >= 4 is 33.0 Å². The molecule has 2 aliphatic heterocycles. The van der Waals surface area contributed by atoms with Crippen LogP contribution < -0.4 is 15.4 Å².